The maximum absolute atomic E-state index is 13.7. The van der Waals surface area contributed by atoms with E-state index in [2.05, 4.69) is 5.92 Å². The van der Waals surface area contributed by atoms with Crippen LogP contribution in [0.2, 0.25) is 0 Å². The molecule has 5 heteroatoms. The van der Waals surface area contributed by atoms with Gasteiger partial charge >= 0.3 is 6.02 Å². The van der Waals surface area contributed by atoms with Gasteiger partial charge in [-0.3, -0.25) is 9.69 Å². The first kappa shape index (κ1) is 27.5. The zero-order chi connectivity index (χ0) is 27.7. The summed E-state index contributed by atoms with van der Waals surface area (Å²) in [5.41, 5.74) is 3.53. The number of hydrogen-bond donors (Lipinski definition) is 0. The fraction of sp³-hybridized carbons (Fsp3) is 0.371. The molecule has 0 spiro atoms. The molecule has 206 valence electrons. The van der Waals surface area contributed by atoms with Crippen LogP contribution >= 0.6 is 0 Å². The SMILES string of the molecule is C#C/C(=C\C=C/C)N(c1ccccc1)c1ccc(/C=C2/OC(=NC3CCCCC3)N(C3CCCCC3)C2=O)cc1. The van der Waals surface area contributed by atoms with Crippen LogP contribution in [0, 0.1) is 12.3 Å². The van der Waals surface area contributed by atoms with Crippen LogP contribution in [0.15, 0.2) is 89.3 Å². The van der Waals surface area contributed by atoms with Crippen LogP contribution < -0.4 is 4.90 Å². The average molecular weight is 534 g/mol. The van der Waals surface area contributed by atoms with E-state index in [1.807, 2.05) is 95.6 Å². The molecule has 5 rings (SSSR count). The van der Waals surface area contributed by atoms with Crippen molar-refractivity contribution in [2.24, 2.45) is 4.99 Å². The van der Waals surface area contributed by atoms with Crippen LogP contribution in [-0.2, 0) is 9.53 Å². The predicted molar refractivity (Wildman–Crippen MR) is 164 cm³/mol. The number of amidine groups is 1. The van der Waals surface area contributed by atoms with Crippen molar-refractivity contribution in [1.82, 2.24) is 4.90 Å². The third kappa shape index (κ3) is 6.39. The van der Waals surface area contributed by atoms with Crippen molar-refractivity contribution < 1.29 is 9.53 Å². The molecule has 5 nitrogen and oxygen atoms in total. The van der Waals surface area contributed by atoms with E-state index in [1.165, 1.54) is 25.7 Å². The highest BCUT2D eigenvalue weighted by Crippen LogP contribution is 2.33. The number of para-hydroxylation sites is 1. The van der Waals surface area contributed by atoms with Crippen molar-refractivity contribution in [3.8, 4) is 12.3 Å². The third-order valence-electron chi connectivity index (χ3n) is 7.94. The summed E-state index contributed by atoms with van der Waals surface area (Å²) in [6.07, 6.45) is 24.9. The fourth-order valence-corrected chi connectivity index (χ4v) is 5.85. The van der Waals surface area contributed by atoms with Gasteiger partial charge in [0.25, 0.3) is 5.91 Å². The molecule has 1 heterocycles. The van der Waals surface area contributed by atoms with E-state index >= 15 is 0 Å². The van der Waals surface area contributed by atoms with Crippen molar-refractivity contribution in [2.45, 2.75) is 83.2 Å². The first-order valence-corrected chi connectivity index (χ1v) is 14.7. The maximum Gasteiger partial charge on any atom is 0.300 e. The van der Waals surface area contributed by atoms with Crippen molar-refractivity contribution in [1.29, 1.82) is 0 Å². The average Bonchev–Trinajstić information content (AvgIpc) is 3.30. The summed E-state index contributed by atoms with van der Waals surface area (Å²) in [4.78, 5) is 22.5. The van der Waals surface area contributed by atoms with Crippen LogP contribution in [-0.4, -0.2) is 28.9 Å². The van der Waals surface area contributed by atoms with Gasteiger partial charge in [0.15, 0.2) is 5.76 Å². The first-order chi connectivity index (χ1) is 19.7. The van der Waals surface area contributed by atoms with Gasteiger partial charge in [0.05, 0.1) is 11.7 Å². The lowest BCUT2D eigenvalue weighted by Gasteiger charge is -2.29. The van der Waals surface area contributed by atoms with Gasteiger partial charge in [0, 0.05) is 17.4 Å². The van der Waals surface area contributed by atoms with Crippen LogP contribution in [0.5, 0.6) is 0 Å². The topological polar surface area (TPSA) is 45.1 Å². The Labute approximate surface area is 238 Å². The van der Waals surface area contributed by atoms with E-state index in [4.69, 9.17) is 16.2 Å². The van der Waals surface area contributed by atoms with E-state index in [1.54, 1.807) is 0 Å². The zero-order valence-electron chi connectivity index (χ0n) is 23.5. The quantitative estimate of drug-likeness (QED) is 0.205. The van der Waals surface area contributed by atoms with Gasteiger partial charge in [-0.05, 0) is 74.6 Å². The number of benzene rings is 2. The van der Waals surface area contributed by atoms with Crippen LogP contribution in [0.3, 0.4) is 0 Å². The molecule has 0 unspecified atom stereocenters. The van der Waals surface area contributed by atoms with Gasteiger partial charge in [-0.1, -0.05) is 86.9 Å². The second-order valence-corrected chi connectivity index (χ2v) is 10.8. The monoisotopic (exact) mass is 533 g/mol. The Bertz CT molecular complexity index is 1320. The van der Waals surface area contributed by atoms with E-state index < -0.39 is 0 Å². The largest absolute Gasteiger partial charge is 0.420 e. The van der Waals surface area contributed by atoms with Gasteiger partial charge in [0.1, 0.15) is 0 Å². The zero-order valence-corrected chi connectivity index (χ0v) is 23.5. The fourth-order valence-electron chi connectivity index (χ4n) is 5.85. The van der Waals surface area contributed by atoms with Gasteiger partial charge in [0.2, 0.25) is 0 Å². The number of amides is 1. The predicted octanol–water partition coefficient (Wildman–Crippen LogP) is 8.14. The number of carbonyl (C=O) groups excluding carboxylic acids is 1. The van der Waals surface area contributed by atoms with E-state index in [0.717, 1.165) is 61.2 Å². The molecule has 0 aromatic heterocycles. The molecule has 2 aliphatic carbocycles. The van der Waals surface area contributed by atoms with Gasteiger partial charge in [-0.25, -0.2) is 4.99 Å². The summed E-state index contributed by atoms with van der Waals surface area (Å²) in [5, 5.41) is 0. The molecule has 40 heavy (non-hydrogen) atoms. The lowest BCUT2D eigenvalue weighted by atomic mass is 9.94. The number of rotatable bonds is 7. The Morgan fingerprint density at radius 1 is 0.950 bits per heavy atom. The molecule has 3 aliphatic rings. The standard InChI is InChI=1S/C35H39N3O2/c1-3-5-17-29(4-2)37(30-18-11-7-12-19-30)32-24-22-27(23-25-32)26-33-34(39)38(31-20-13-8-14-21-31)35(40-33)36-28-15-9-6-10-16-28/h2-3,5,7,11-12,17-19,22-26,28,31H,6,8-10,13-16,20-21H2,1H3/b5-3-,29-17+,33-26+,36-35?. The number of ether oxygens (including phenoxy) is 1. The summed E-state index contributed by atoms with van der Waals surface area (Å²) in [7, 11) is 0. The number of anilines is 2. The van der Waals surface area contributed by atoms with E-state index in [0.29, 0.717) is 11.8 Å². The molecule has 2 saturated carbocycles. The van der Waals surface area contributed by atoms with Crippen LogP contribution in [0.4, 0.5) is 11.4 Å². The molecule has 0 N–H and O–H groups in total. The minimum Gasteiger partial charge on any atom is -0.420 e. The highest BCUT2D eigenvalue weighted by atomic mass is 16.5. The molecule has 2 aromatic rings. The molecule has 2 aromatic carbocycles. The smallest absolute Gasteiger partial charge is 0.300 e. The molecule has 0 atom stereocenters. The maximum atomic E-state index is 13.7. The molecule has 1 amide bonds. The van der Waals surface area contributed by atoms with Crippen molar-refractivity contribution in [3.05, 3.63) is 89.8 Å². The summed E-state index contributed by atoms with van der Waals surface area (Å²) < 4.78 is 6.23. The van der Waals surface area contributed by atoms with Gasteiger partial charge in [-0.15, -0.1) is 6.42 Å². The Balaban J connectivity index is 1.43. The number of terminal acetylenes is 1. The number of allylic oxidation sites excluding steroid dienone is 4. The Morgan fingerprint density at radius 3 is 2.25 bits per heavy atom. The summed E-state index contributed by atoms with van der Waals surface area (Å²) in [5.74, 6) is 3.11. The van der Waals surface area contributed by atoms with Gasteiger partial charge in [-0.2, -0.15) is 0 Å². The minimum atomic E-state index is -0.0691. The highest BCUT2D eigenvalue weighted by molar-refractivity contribution is 6.11. The Hall–Kier alpha value is -4.04. The lowest BCUT2D eigenvalue weighted by Crippen LogP contribution is -2.41. The Morgan fingerprint density at radius 2 is 1.60 bits per heavy atom. The number of carbonyl (C=O) groups is 1. The lowest BCUT2D eigenvalue weighted by molar-refractivity contribution is -0.124. The normalized spacial score (nSPS) is 21.2. The van der Waals surface area contributed by atoms with Crippen molar-refractivity contribution >= 4 is 29.4 Å². The molecular weight excluding hydrogens is 494 g/mol. The second-order valence-electron chi connectivity index (χ2n) is 10.8. The number of hydrogen-bond acceptors (Lipinski definition) is 4. The molecule has 0 radical (unpaired) electrons. The van der Waals surface area contributed by atoms with Crippen LogP contribution in [0.25, 0.3) is 6.08 Å². The molecule has 1 saturated heterocycles. The van der Waals surface area contributed by atoms with E-state index in [9.17, 15) is 4.79 Å². The number of nitrogens with zero attached hydrogens (tertiary/aromatic N) is 3. The van der Waals surface area contributed by atoms with Crippen molar-refractivity contribution in [3.63, 3.8) is 0 Å². The minimum absolute atomic E-state index is 0.0691. The number of aliphatic imine (C=N–C) groups is 1. The molecular formula is C35H39N3O2. The van der Waals surface area contributed by atoms with Gasteiger partial charge < -0.3 is 9.64 Å². The summed E-state index contributed by atoms with van der Waals surface area (Å²) in [6.45, 7) is 1.97. The summed E-state index contributed by atoms with van der Waals surface area (Å²) in [6, 6.07) is 19.0. The van der Waals surface area contributed by atoms with Crippen LogP contribution in [0.1, 0.15) is 76.7 Å². The third-order valence-corrected chi connectivity index (χ3v) is 7.94. The van der Waals surface area contributed by atoms with E-state index in [-0.39, 0.29) is 18.0 Å². The highest BCUT2D eigenvalue weighted by Gasteiger charge is 2.40. The molecule has 3 fully saturated rings. The second kappa shape index (κ2) is 13.3. The summed E-state index contributed by atoms with van der Waals surface area (Å²) >= 11 is 0. The van der Waals surface area contributed by atoms with Crippen molar-refractivity contribution in [2.75, 3.05) is 4.90 Å². The molecule has 0 bridgehead atoms. The first-order valence-electron chi connectivity index (χ1n) is 14.7. The Kier molecular flexibility index (Phi) is 9.18. The molecule has 1 aliphatic heterocycles.